The van der Waals surface area contributed by atoms with Crippen LogP contribution in [0.2, 0.25) is 0 Å². The van der Waals surface area contributed by atoms with Gasteiger partial charge in [0.15, 0.2) is 0 Å². The molecule has 0 saturated heterocycles. The number of hydrogen-bond acceptors (Lipinski definition) is 3. The molecule has 3 nitrogen and oxygen atoms in total. The molecule has 1 unspecified atom stereocenters. The Bertz CT molecular complexity index is 374. The van der Waals surface area contributed by atoms with Crippen LogP contribution in [0.5, 0.6) is 11.5 Å². The number of methoxy groups -OCH3 is 1. The summed E-state index contributed by atoms with van der Waals surface area (Å²) in [6.07, 6.45) is 2.61. The average Bonchev–Trinajstić information content (AvgIpc) is 3.19. The van der Waals surface area contributed by atoms with Gasteiger partial charge in [-0.05, 0) is 38.8 Å². The molecular formula is C14H21NO2. The zero-order valence-corrected chi connectivity index (χ0v) is 10.8. The quantitative estimate of drug-likeness (QED) is 0.822. The predicted octanol–water partition coefficient (Wildman–Crippen LogP) is 2.76. The summed E-state index contributed by atoms with van der Waals surface area (Å²) >= 11 is 0. The Morgan fingerprint density at radius 1 is 1.41 bits per heavy atom. The molecule has 94 valence electrons. The second-order valence-electron chi connectivity index (χ2n) is 4.67. The molecule has 17 heavy (non-hydrogen) atoms. The lowest BCUT2D eigenvalue weighted by atomic mass is 10.1. The first kappa shape index (κ1) is 12.2. The molecule has 0 spiro atoms. The zero-order chi connectivity index (χ0) is 12.3. The summed E-state index contributed by atoms with van der Waals surface area (Å²) in [6, 6.07) is 6.32. The van der Waals surface area contributed by atoms with E-state index in [9.17, 15) is 0 Å². The first-order valence-electron chi connectivity index (χ1n) is 6.22. The van der Waals surface area contributed by atoms with Gasteiger partial charge in [0.05, 0.1) is 13.7 Å². The van der Waals surface area contributed by atoms with Crippen LogP contribution in [0.15, 0.2) is 18.2 Å². The van der Waals surface area contributed by atoms with Gasteiger partial charge in [-0.25, -0.2) is 0 Å². The number of rotatable bonds is 6. The molecule has 3 heteroatoms. The maximum atomic E-state index is 5.91. The van der Waals surface area contributed by atoms with E-state index in [-0.39, 0.29) is 6.04 Å². The summed E-state index contributed by atoms with van der Waals surface area (Å²) in [5.41, 5.74) is 1.19. The van der Waals surface area contributed by atoms with E-state index in [1.165, 1.54) is 18.4 Å². The van der Waals surface area contributed by atoms with Crippen LogP contribution < -0.4 is 14.8 Å². The molecule has 1 aromatic carbocycles. The standard InChI is InChI=1S/C14H21NO2/c1-10(15-2)13-7-6-12(16-3)8-14(13)17-9-11-4-5-11/h6-8,10-11,15H,4-5,9H2,1-3H3. The number of benzene rings is 1. The van der Waals surface area contributed by atoms with Crippen LogP contribution in [-0.4, -0.2) is 20.8 Å². The fourth-order valence-corrected chi connectivity index (χ4v) is 1.77. The van der Waals surface area contributed by atoms with Crippen molar-refractivity contribution >= 4 is 0 Å². The first-order chi connectivity index (χ1) is 8.24. The minimum absolute atomic E-state index is 0.287. The fourth-order valence-electron chi connectivity index (χ4n) is 1.77. The van der Waals surface area contributed by atoms with E-state index < -0.39 is 0 Å². The van der Waals surface area contributed by atoms with Crippen LogP contribution in [-0.2, 0) is 0 Å². The Morgan fingerprint density at radius 3 is 2.76 bits per heavy atom. The molecule has 1 aliphatic rings. The molecule has 0 heterocycles. The molecular weight excluding hydrogens is 214 g/mol. The maximum absolute atomic E-state index is 5.91. The highest BCUT2D eigenvalue weighted by Crippen LogP contribution is 2.33. The van der Waals surface area contributed by atoms with Crippen LogP contribution in [0.25, 0.3) is 0 Å². The van der Waals surface area contributed by atoms with Gasteiger partial charge in [0, 0.05) is 17.7 Å². The molecule has 1 saturated carbocycles. The first-order valence-corrected chi connectivity index (χ1v) is 6.22. The smallest absolute Gasteiger partial charge is 0.127 e. The SMILES string of the molecule is CNC(C)c1ccc(OC)cc1OCC1CC1. The lowest BCUT2D eigenvalue weighted by Crippen LogP contribution is -2.14. The largest absolute Gasteiger partial charge is 0.497 e. The van der Waals surface area contributed by atoms with Gasteiger partial charge in [-0.15, -0.1) is 0 Å². The minimum Gasteiger partial charge on any atom is -0.497 e. The molecule has 1 atom stereocenters. The molecule has 1 N–H and O–H groups in total. The molecule has 1 aliphatic carbocycles. The average molecular weight is 235 g/mol. The van der Waals surface area contributed by atoms with Crippen molar-refractivity contribution in [3.8, 4) is 11.5 Å². The third-order valence-corrected chi connectivity index (χ3v) is 3.29. The summed E-state index contributed by atoms with van der Waals surface area (Å²) < 4.78 is 11.2. The topological polar surface area (TPSA) is 30.5 Å². The maximum Gasteiger partial charge on any atom is 0.127 e. The molecule has 0 aromatic heterocycles. The highest BCUT2D eigenvalue weighted by Gasteiger charge is 2.23. The molecule has 0 bridgehead atoms. The van der Waals surface area contributed by atoms with Crippen molar-refractivity contribution in [1.82, 2.24) is 5.32 Å². The predicted molar refractivity (Wildman–Crippen MR) is 68.7 cm³/mol. The lowest BCUT2D eigenvalue weighted by Gasteiger charge is -2.17. The van der Waals surface area contributed by atoms with Crippen LogP contribution >= 0.6 is 0 Å². The third kappa shape index (κ3) is 3.13. The summed E-state index contributed by atoms with van der Waals surface area (Å²) in [6.45, 7) is 2.96. The van der Waals surface area contributed by atoms with Crippen molar-refractivity contribution in [2.24, 2.45) is 5.92 Å². The number of nitrogens with one attached hydrogen (secondary N) is 1. The van der Waals surface area contributed by atoms with Crippen LogP contribution in [0.3, 0.4) is 0 Å². The molecule has 2 rings (SSSR count). The van der Waals surface area contributed by atoms with Crippen molar-refractivity contribution in [1.29, 1.82) is 0 Å². The fraction of sp³-hybridized carbons (Fsp3) is 0.571. The number of hydrogen-bond donors (Lipinski definition) is 1. The monoisotopic (exact) mass is 235 g/mol. The van der Waals surface area contributed by atoms with E-state index in [4.69, 9.17) is 9.47 Å². The van der Waals surface area contributed by atoms with E-state index in [0.717, 1.165) is 24.0 Å². The van der Waals surface area contributed by atoms with Gasteiger partial charge in [-0.1, -0.05) is 6.07 Å². The van der Waals surface area contributed by atoms with Crippen molar-refractivity contribution in [3.05, 3.63) is 23.8 Å². The highest BCUT2D eigenvalue weighted by molar-refractivity contribution is 5.42. The molecule has 0 aliphatic heterocycles. The minimum atomic E-state index is 0.287. The normalized spacial score (nSPS) is 16.6. The summed E-state index contributed by atoms with van der Waals surface area (Å²) in [7, 11) is 3.64. The Labute approximate surface area is 103 Å². The Hall–Kier alpha value is -1.22. The molecule has 0 amide bonds. The van der Waals surface area contributed by atoms with Crippen molar-refractivity contribution in [3.63, 3.8) is 0 Å². The van der Waals surface area contributed by atoms with Crippen LogP contribution in [0.1, 0.15) is 31.4 Å². The third-order valence-electron chi connectivity index (χ3n) is 3.29. The molecule has 1 fully saturated rings. The van der Waals surface area contributed by atoms with Crippen LogP contribution in [0.4, 0.5) is 0 Å². The van der Waals surface area contributed by atoms with E-state index in [1.807, 2.05) is 19.2 Å². The second-order valence-corrected chi connectivity index (χ2v) is 4.67. The van der Waals surface area contributed by atoms with Crippen molar-refractivity contribution in [2.75, 3.05) is 20.8 Å². The summed E-state index contributed by atoms with van der Waals surface area (Å²) in [5, 5.41) is 3.24. The van der Waals surface area contributed by atoms with E-state index in [2.05, 4.69) is 18.3 Å². The Balaban J connectivity index is 2.15. The van der Waals surface area contributed by atoms with Gasteiger partial charge >= 0.3 is 0 Å². The lowest BCUT2D eigenvalue weighted by molar-refractivity contribution is 0.292. The Kier molecular flexibility index (Phi) is 3.89. The summed E-state index contributed by atoms with van der Waals surface area (Å²) in [4.78, 5) is 0. The van der Waals surface area contributed by atoms with Gasteiger partial charge in [-0.2, -0.15) is 0 Å². The van der Waals surface area contributed by atoms with E-state index in [1.54, 1.807) is 7.11 Å². The Morgan fingerprint density at radius 2 is 2.18 bits per heavy atom. The van der Waals surface area contributed by atoms with Gasteiger partial charge in [-0.3, -0.25) is 0 Å². The van der Waals surface area contributed by atoms with Crippen molar-refractivity contribution < 1.29 is 9.47 Å². The van der Waals surface area contributed by atoms with E-state index in [0.29, 0.717) is 0 Å². The molecule has 0 radical (unpaired) electrons. The van der Waals surface area contributed by atoms with Gasteiger partial charge in [0.2, 0.25) is 0 Å². The van der Waals surface area contributed by atoms with Gasteiger partial charge < -0.3 is 14.8 Å². The number of ether oxygens (including phenoxy) is 2. The van der Waals surface area contributed by atoms with Crippen LogP contribution in [0, 0.1) is 5.92 Å². The van der Waals surface area contributed by atoms with E-state index >= 15 is 0 Å². The second kappa shape index (κ2) is 5.41. The summed E-state index contributed by atoms with van der Waals surface area (Å²) in [5.74, 6) is 2.56. The zero-order valence-electron chi connectivity index (χ0n) is 10.8. The van der Waals surface area contributed by atoms with Crippen molar-refractivity contribution in [2.45, 2.75) is 25.8 Å². The molecule has 1 aromatic rings. The van der Waals surface area contributed by atoms with Gasteiger partial charge in [0.1, 0.15) is 11.5 Å². The van der Waals surface area contributed by atoms with Gasteiger partial charge in [0.25, 0.3) is 0 Å². The highest BCUT2D eigenvalue weighted by atomic mass is 16.5.